The molecule has 0 bridgehead atoms. The molecule has 1 radical (unpaired) electrons. The van der Waals surface area contributed by atoms with Gasteiger partial charge in [0.1, 0.15) is 0 Å². The van der Waals surface area contributed by atoms with E-state index < -0.39 is 0 Å². The minimum Gasteiger partial charge on any atom is -0.334 e. The number of carbonyl (C=O) groups excluding carboxylic acids is 1. The molecule has 1 saturated carbocycles. The molecule has 1 rings (SSSR count). The van der Waals surface area contributed by atoms with E-state index in [0.717, 1.165) is 12.8 Å². The maximum Gasteiger partial charge on any atom is 0.336 e. The van der Waals surface area contributed by atoms with Crippen molar-refractivity contribution in [3.8, 4) is 0 Å². The summed E-state index contributed by atoms with van der Waals surface area (Å²) < 4.78 is 0. The van der Waals surface area contributed by atoms with Crippen LogP contribution in [0.1, 0.15) is 32.1 Å². The van der Waals surface area contributed by atoms with Crippen molar-refractivity contribution in [3.05, 3.63) is 0 Å². The van der Waals surface area contributed by atoms with Crippen LogP contribution < -0.4 is 10.6 Å². The highest BCUT2D eigenvalue weighted by atomic mass is 16.2. The molecule has 0 aromatic heterocycles. The molecule has 0 spiro atoms. The van der Waals surface area contributed by atoms with Crippen molar-refractivity contribution in [2.75, 3.05) is 7.05 Å². The van der Waals surface area contributed by atoms with E-state index in [0.29, 0.717) is 6.04 Å². The van der Waals surface area contributed by atoms with Gasteiger partial charge in [-0.25, -0.2) is 10.1 Å². The molecule has 1 N–H and O–H groups in total. The third-order valence-electron chi connectivity index (χ3n) is 2.14. The number of urea groups is 1. The van der Waals surface area contributed by atoms with Crippen molar-refractivity contribution >= 4 is 6.03 Å². The molecule has 1 aliphatic carbocycles. The molecular weight excluding hydrogens is 140 g/mol. The van der Waals surface area contributed by atoms with Gasteiger partial charge in [-0.05, 0) is 12.8 Å². The van der Waals surface area contributed by atoms with Crippen LogP contribution in [-0.2, 0) is 0 Å². The lowest BCUT2D eigenvalue weighted by Crippen LogP contribution is -2.38. The summed E-state index contributed by atoms with van der Waals surface area (Å²) >= 11 is 0. The van der Waals surface area contributed by atoms with E-state index in [1.54, 1.807) is 0 Å². The summed E-state index contributed by atoms with van der Waals surface area (Å²) in [7, 11) is 1.53. The van der Waals surface area contributed by atoms with Crippen LogP contribution in [-0.4, -0.2) is 19.1 Å². The Bertz CT molecular complexity index is 130. The first kappa shape index (κ1) is 8.37. The van der Waals surface area contributed by atoms with E-state index in [4.69, 9.17) is 0 Å². The first-order chi connectivity index (χ1) is 5.33. The van der Waals surface area contributed by atoms with Gasteiger partial charge < -0.3 is 5.32 Å². The third kappa shape index (κ3) is 2.78. The van der Waals surface area contributed by atoms with Crippen molar-refractivity contribution in [2.45, 2.75) is 38.1 Å². The lowest BCUT2D eigenvalue weighted by atomic mass is 9.96. The van der Waals surface area contributed by atoms with Crippen LogP contribution in [0.25, 0.3) is 0 Å². The van der Waals surface area contributed by atoms with Crippen molar-refractivity contribution in [3.63, 3.8) is 0 Å². The number of carbonyl (C=O) groups is 1. The van der Waals surface area contributed by atoms with Crippen molar-refractivity contribution in [1.29, 1.82) is 0 Å². The molecule has 0 saturated heterocycles. The summed E-state index contributed by atoms with van der Waals surface area (Å²) in [5, 5.41) is 6.40. The Morgan fingerprint density at radius 2 is 2.00 bits per heavy atom. The average Bonchev–Trinajstić information content (AvgIpc) is 2.06. The zero-order valence-electron chi connectivity index (χ0n) is 6.97. The zero-order valence-corrected chi connectivity index (χ0v) is 6.97. The second kappa shape index (κ2) is 4.21. The fourth-order valence-electron chi connectivity index (χ4n) is 1.49. The van der Waals surface area contributed by atoms with Gasteiger partial charge in [-0.3, -0.25) is 0 Å². The van der Waals surface area contributed by atoms with E-state index in [1.165, 1.54) is 26.3 Å². The summed E-state index contributed by atoms with van der Waals surface area (Å²) in [4.78, 5) is 10.8. The number of nitrogens with one attached hydrogen (secondary N) is 1. The molecule has 1 fully saturated rings. The van der Waals surface area contributed by atoms with Gasteiger partial charge in [0.05, 0.1) is 0 Å². The summed E-state index contributed by atoms with van der Waals surface area (Å²) in [5.74, 6) is 0. The minimum atomic E-state index is -0.170. The number of amides is 2. The minimum absolute atomic E-state index is 0.170. The zero-order chi connectivity index (χ0) is 8.10. The van der Waals surface area contributed by atoms with Gasteiger partial charge in [-0.1, -0.05) is 19.3 Å². The van der Waals surface area contributed by atoms with Gasteiger partial charge >= 0.3 is 6.03 Å². The second-order valence-electron chi connectivity index (χ2n) is 3.01. The summed E-state index contributed by atoms with van der Waals surface area (Å²) in [6.45, 7) is 0. The molecule has 0 aromatic rings. The maximum absolute atomic E-state index is 10.8. The molecule has 3 nitrogen and oxygen atoms in total. The topological polar surface area (TPSA) is 43.2 Å². The Balaban J connectivity index is 2.19. The Hall–Kier alpha value is -0.730. The van der Waals surface area contributed by atoms with Gasteiger partial charge in [0, 0.05) is 13.1 Å². The second-order valence-corrected chi connectivity index (χ2v) is 3.01. The first-order valence-corrected chi connectivity index (χ1v) is 4.23. The Labute approximate surface area is 67.5 Å². The normalized spacial score (nSPS) is 19.4. The Morgan fingerprint density at radius 3 is 2.55 bits per heavy atom. The molecule has 11 heavy (non-hydrogen) atoms. The van der Waals surface area contributed by atoms with E-state index in [1.807, 2.05) is 0 Å². The number of rotatable bonds is 1. The molecule has 63 valence electrons. The molecule has 0 aliphatic heterocycles. The maximum atomic E-state index is 10.8. The van der Waals surface area contributed by atoms with Gasteiger partial charge in [-0.2, -0.15) is 0 Å². The van der Waals surface area contributed by atoms with Crippen LogP contribution in [0.5, 0.6) is 0 Å². The van der Waals surface area contributed by atoms with Crippen LogP contribution in [0.3, 0.4) is 0 Å². The quantitative estimate of drug-likeness (QED) is 0.608. The van der Waals surface area contributed by atoms with Gasteiger partial charge in [0.2, 0.25) is 0 Å². The highest BCUT2D eigenvalue weighted by Gasteiger charge is 2.14. The summed E-state index contributed by atoms with van der Waals surface area (Å²) in [6, 6.07) is 0.219. The van der Waals surface area contributed by atoms with E-state index in [9.17, 15) is 4.79 Å². The SMILES string of the molecule is C[N]C(=O)NC1CCCCC1. The predicted octanol–water partition coefficient (Wildman–Crippen LogP) is 1.26. The van der Waals surface area contributed by atoms with Crippen molar-refractivity contribution in [2.24, 2.45) is 0 Å². The van der Waals surface area contributed by atoms with Crippen LogP contribution in [0.15, 0.2) is 0 Å². The average molecular weight is 155 g/mol. The van der Waals surface area contributed by atoms with Crippen molar-refractivity contribution in [1.82, 2.24) is 10.6 Å². The van der Waals surface area contributed by atoms with E-state index in [2.05, 4.69) is 10.6 Å². The van der Waals surface area contributed by atoms with Gasteiger partial charge in [0.15, 0.2) is 0 Å². The number of hydrogen-bond donors (Lipinski definition) is 1. The lowest BCUT2D eigenvalue weighted by molar-refractivity contribution is 0.234. The van der Waals surface area contributed by atoms with Gasteiger partial charge in [0.25, 0.3) is 0 Å². The van der Waals surface area contributed by atoms with Crippen LogP contribution >= 0.6 is 0 Å². The van der Waals surface area contributed by atoms with Gasteiger partial charge in [-0.15, -0.1) is 0 Å². The van der Waals surface area contributed by atoms with Crippen LogP contribution in [0.4, 0.5) is 4.79 Å². The number of nitrogens with zero attached hydrogens (tertiary/aromatic N) is 1. The Kier molecular flexibility index (Phi) is 3.20. The predicted molar refractivity (Wildman–Crippen MR) is 43.5 cm³/mol. The molecule has 0 atom stereocenters. The highest BCUT2D eigenvalue weighted by molar-refractivity contribution is 5.73. The van der Waals surface area contributed by atoms with Crippen LogP contribution in [0.2, 0.25) is 0 Å². The molecule has 0 heterocycles. The molecule has 2 amide bonds. The van der Waals surface area contributed by atoms with E-state index >= 15 is 0 Å². The highest BCUT2D eigenvalue weighted by Crippen LogP contribution is 2.16. The lowest BCUT2D eigenvalue weighted by Gasteiger charge is -2.21. The molecule has 0 aromatic carbocycles. The largest absolute Gasteiger partial charge is 0.336 e. The molecule has 1 aliphatic rings. The fourth-order valence-corrected chi connectivity index (χ4v) is 1.49. The third-order valence-corrected chi connectivity index (χ3v) is 2.14. The summed E-state index contributed by atoms with van der Waals surface area (Å²) in [5.41, 5.74) is 0. The first-order valence-electron chi connectivity index (χ1n) is 4.23. The van der Waals surface area contributed by atoms with E-state index in [-0.39, 0.29) is 6.03 Å². The molecular formula is C8H15N2O. The Morgan fingerprint density at radius 1 is 1.36 bits per heavy atom. The monoisotopic (exact) mass is 155 g/mol. The smallest absolute Gasteiger partial charge is 0.334 e. The summed E-state index contributed by atoms with van der Waals surface area (Å²) in [6.07, 6.45) is 6.06. The van der Waals surface area contributed by atoms with Crippen molar-refractivity contribution < 1.29 is 4.79 Å². The fraction of sp³-hybridized carbons (Fsp3) is 0.875. The molecule has 0 unspecified atom stereocenters. The van der Waals surface area contributed by atoms with Crippen LogP contribution in [0, 0.1) is 0 Å². The number of hydrogen-bond acceptors (Lipinski definition) is 1. The molecule has 3 heteroatoms. The standard InChI is InChI=1S/C8H15N2O/c1-9-8(11)10-7-5-3-2-4-6-7/h7H,2-6H2,1H3,(H,10,11).